The van der Waals surface area contributed by atoms with E-state index in [9.17, 15) is 9.59 Å². The summed E-state index contributed by atoms with van der Waals surface area (Å²) in [4.78, 5) is 24.8. The molecule has 2 N–H and O–H groups in total. The molecule has 0 spiro atoms. The maximum Gasteiger partial charge on any atom is 0.328 e. The third-order valence-corrected chi connectivity index (χ3v) is 4.70. The Balaban J connectivity index is 1.91. The molecule has 1 unspecified atom stereocenters. The number of amides is 2. The first-order chi connectivity index (χ1) is 9.58. The van der Waals surface area contributed by atoms with E-state index in [1.54, 1.807) is 0 Å². The summed E-state index contributed by atoms with van der Waals surface area (Å²) in [5.41, 5.74) is 0.209. The Morgan fingerprint density at radius 1 is 1.40 bits per heavy atom. The van der Waals surface area contributed by atoms with Gasteiger partial charge in [0.15, 0.2) is 6.04 Å². The molecule has 20 heavy (non-hydrogen) atoms. The van der Waals surface area contributed by atoms with Gasteiger partial charge in [0.2, 0.25) is 0 Å². The van der Waals surface area contributed by atoms with Crippen molar-refractivity contribution in [1.82, 2.24) is 10.2 Å². The van der Waals surface area contributed by atoms with E-state index in [0.717, 1.165) is 19.3 Å². The molecule has 6 heteroatoms. The lowest BCUT2D eigenvalue weighted by atomic mass is 9.83. The first kappa shape index (κ1) is 15.1. The van der Waals surface area contributed by atoms with E-state index < -0.39 is 12.0 Å². The molecule has 0 radical (unpaired) electrons. The van der Waals surface area contributed by atoms with E-state index in [-0.39, 0.29) is 18.1 Å². The van der Waals surface area contributed by atoms with Crippen LogP contribution < -0.4 is 5.32 Å². The minimum atomic E-state index is -1.01. The summed E-state index contributed by atoms with van der Waals surface area (Å²) in [7, 11) is 0. The molecule has 2 rings (SSSR count). The molecule has 2 amide bonds. The number of hydrogen-bond acceptors (Lipinski definition) is 3. The molecule has 6 nitrogen and oxygen atoms in total. The lowest BCUT2D eigenvalue weighted by Crippen LogP contribution is -2.56. The van der Waals surface area contributed by atoms with Gasteiger partial charge in [0.05, 0.1) is 13.2 Å². The monoisotopic (exact) mass is 284 g/mol. The third kappa shape index (κ3) is 3.23. The molecule has 2 fully saturated rings. The van der Waals surface area contributed by atoms with Crippen molar-refractivity contribution in [2.75, 3.05) is 26.3 Å². The van der Waals surface area contributed by atoms with Crippen molar-refractivity contribution in [3.8, 4) is 0 Å². The predicted octanol–water partition coefficient (Wildman–Crippen LogP) is 1.45. The van der Waals surface area contributed by atoms with Crippen LogP contribution in [0.2, 0.25) is 0 Å². The Kier molecular flexibility index (Phi) is 4.86. The van der Waals surface area contributed by atoms with Crippen LogP contribution >= 0.6 is 0 Å². The Hall–Kier alpha value is -1.30. The SMILES string of the molecule is CCC1(CNC(=O)N2CCOCC2C(=O)O)CCCC1. The Morgan fingerprint density at radius 3 is 2.70 bits per heavy atom. The molecule has 0 bridgehead atoms. The summed E-state index contributed by atoms with van der Waals surface area (Å²) >= 11 is 0. The summed E-state index contributed by atoms with van der Waals surface area (Å²) in [6.45, 7) is 3.61. The Labute approximate surface area is 119 Å². The average Bonchev–Trinajstić information content (AvgIpc) is 2.94. The molecular weight excluding hydrogens is 260 g/mol. The lowest BCUT2D eigenvalue weighted by molar-refractivity contribution is -0.147. The molecule has 1 saturated carbocycles. The van der Waals surface area contributed by atoms with Crippen LogP contribution in [-0.2, 0) is 9.53 Å². The van der Waals surface area contributed by atoms with Crippen LogP contribution in [0.5, 0.6) is 0 Å². The molecule has 1 aliphatic heterocycles. The molecule has 2 aliphatic rings. The molecule has 114 valence electrons. The number of urea groups is 1. The van der Waals surface area contributed by atoms with Gasteiger partial charge < -0.3 is 20.1 Å². The predicted molar refractivity (Wildman–Crippen MR) is 73.5 cm³/mol. The molecule has 0 aromatic rings. The van der Waals surface area contributed by atoms with Gasteiger partial charge in [0.1, 0.15) is 0 Å². The second-order valence-corrected chi connectivity index (χ2v) is 5.84. The highest BCUT2D eigenvalue weighted by Crippen LogP contribution is 2.40. The summed E-state index contributed by atoms with van der Waals surface area (Å²) in [5, 5.41) is 12.1. The Bertz CT molecular complexity index is 366. The second-order valence-electron chi connectivity index (χ2n) is 5.84. The van der Waals surface area contributed by atoms with E-state index in [2.05, 4.69) is 12.2 Å². The minimum absolute atomic E-state index is 0.0711. The standard InChI is InChI=1S/C14H24N2O4/c1-2-14(5-3-4-6-14)10-15-13(19)16-7-8-20-9-11(16)12(17)18/h11H,2-10H2,1H3,(H,15,19)(H,17,18). The number of ether oxygens (including phenoxy) is 1. The lowest BCUT2D eigenvalue weighted by Gasteiger charge is -2.34. The zero-order valence-electron chi connectivity index (χ0n) is 12.1. The number of hydrogen-bond donors (Lipinski definition) is 2. The van der Waals surface area contributed by atoms with Crippen LogP contribution in [-0.4, -0.2) is 54.4 Å². The second kappa shape index (κ2) is 6.43. The summed E-state index contributed by atoms with van der Waals surface area (Å²) < 4.78 is 5.14. The van der Waals surface area contributed by atoms with Gasteiger partial charge in [0, 0.05) is 13.1 Å². The maximum atomic E-state index is 12.2. The fourth-order valence-electron chi connectivity index (χ4n) is 3.20. The fraction of sp³-hybridized carbons (Fsp3) is 0.857. The molecule has 1 heterocycles. The van der Waals surface area contributed by atoms with Gasteiger partial charge in [-0.15, -0.1) is 0 Å². The van der Waals surface area contributed by atoms with Gasteiger partial charge in [-0.2, -0.15) is 0 Å². The molecule has 0 aromatic heterocycles. The van der Waals surface area contributed by atoms with Gasteiger partial charge >= 0.3 is 12.0 Å². The average molecular weight is 284 g/mol. The highest BCUT2D eigenvalue weighted by atomic mass is 16.5. The summed E-state index contributed by atoms with van der Waals surface area (Å²) in [5.74, 6) is -1.01. The fourth-order valence-corrected chi connectivity index (χ4v) is 3.20. The smallest absolute Gasteiger partial charge is 0.328 e. The third-order valence-electron chi connectivity index (χ3n) is 4.70. The van der Waals surface area contributed by atoms with Crippen molar-refractivity contribution < 1.29 is 19.4 Å². The Morgan fingerprint density at radius 2 is 2.10 bits per heavy atom. The first-order valence-electron chi connectivity index (χ1n) is 7.43. The van der Waals surface area contributed by atoms with Crippen LogP contribution in [0.3, 0.4) is 0 Å². The number of rotatable bonds is 4. The van der Waals surface area contributed by atoms with Crippen LogP contribution in [0, 0.1) is 5.41 Å². The topological polar surface area (TPSA) is 78.9 Å². The number of carboxylic acid groups (broad SMARTS) is 1. The van der Waals surface area contributed by atoms with Crippen LogP contribution in [0.4, 0.5) is 4.79 Å². The number of carboxylic acids is 1. The first-order valence-corrected chi connectivity index (χ1v) is 7.43. The number of morpholine rings is 1. The quantitative estimate of drug-likeness (QED) is 0.819. The zero-order valence-corrected chi connectivity index (χ0v) is 12.1. The highest BCUT2D eigenvalue weighted by Gasteiger charge is 2.36. The molecule has 1 saturated heterocycles. The van der Waals surface area contributed by atoms with Gasteiger partial charge in [-0.25, -0.2) is 9.59 Å². The van der Waals surface area contributed by atoms with Gasteiger partial charge in [-0.1, -0.05) is 19.8 Å². The van der Waals surface area contributed by atoms with Crippen molar-refractivity contribution in [2.24, 2.45) is 5.41 Å². The zero-order chi connectivity index (χ0) is 14.6. The number of carbonyl (C=O) groups excluding carboxylic acids is 1. The highest BCUT2D eigenvalue weighted by molar-refractivity contribution is 5.83. The van der Waals surface area contributed by atoms with Gasteiger partial charge in [0.25, 0.3) is 0 Å². The van der Waals surface area contributed by atoms with E-state index in [1.807, 2.05) is 0 Å². The van der Waals surface area contributed by atoms with E-state index in [1.165, 1.54) is 17.7 Å². The van der Waals surface area contributed by atoms with E-state index in [4.69, 9.17) is 9.84 Å². The summed E-state index contributed by atoms with van der Waals surface area (Å²) in [6.07, 6.45) is 5.79. The maximum absolute atomic E-state index is 12.2. The molecular formula is C14H24N2O4. The number of aliphatic carboxylic acids is 1. The number of nitrogens with one attached hydrogen (secondary N) is 1. The number of nitrogens with zero attached hydrogens (tertiary/aromatic N) is 1. The largest absolute Gasteiger partial charge is 0.480 e. The molecule has 1 aliphatic carbocycles. The van der Waals surface area contributed by atoms with Crippen molar-refractivity contribution in [3.05, 3.63) is 0 Å². The van der Waals surface area contributed by atoms with Crippen LogP contribution in [0.1, 0.15) is 39.0 Å². The molecule has 1 atom stereocenters. The van der Waals surface area contributed by atoms with E-state index >= 15 is 0 Å². The van der Waals surface area contributed by atoms with Gasteiger partial charge in [-0.3, -0.25) is 0 Å². The van der Waals surface area contributed by atoms with Crippen molar-refractivity contribution >= 4 is 12.0 Å². The summed E-state index contributed by atoms with van der Waals surface area (Å²) in [6, 6.07) is -1.15. The normalized spacial score (nSPS) is 25.4. The molecule has 0 aromatic carbocycles. The van der Waals surface area contributed by atoms with E-state index in [0.29, 0.717) is 19.7 Å². The van der Waals surface area contributed by atoms with Crippen molar-refractivity contribution in [2.45, 2.75) is 45.1 Å². The minimum Gasteiger partial charge on any atom is -0.480 e. The van der Waals surface area contributed by atoms with Crippen molar-refractivity contribution in [1.29, 1.82) is 0 Å². The number of carbonyl (C=O) groups is 2. The van der Waals surface area contributed by atoms with Crippen LogP contribution in [0.15, 0.2) is 0 Å². The van der Waals surface area contributed by atoms with Gasteiger partial charge in [-0.05, 0) is 24.7 Å². The van der Waals surface area contributed by atoms with Crippen molar-refractivity contribution in [3.63, 3.8) is 0 Å². The van der Waals surface area contributed by atoms with Crippen LogP contribution in [0.25, 0.3) is 0 Å².